The molecular formula is C48H49N7O7. The van der Waals surface area contributed by atoms with Crippen LogP contribution in [0.25, 0.3) is 38.7 Å². The van der Waals surface area contributed by atoms with Crippen LogP contribution >= 0.6 is 0 Å². The number of methoxy groups -OCH3 is 2. The van der Waals surface area contributed by atoms with Crippen LogP contribution in [-0.4, -0.2) is 88.9 Å². The summed E-state index contributed by atoms with van der Waals surface area (Å²) in [5, 5.41) is 7.45. The molecule has 318 valence electrons. The molecule has 1 aromatic heterocycles. The molecule has 5 heterocycles. The predicted molar refractivity (Wildman–Crippen MR) is 234 cm³/mol. The molecule has 4 aromatic carbocycles. The molecule has 4 atom stereocenters. The highest BCUT2D eigenvalue weighted by molar-refractivity contribution is 6.04. The number of hydrogen-bond acceptors (Lipinski definition) is 9. The van der Waals surface area contributed by atoms with Crippen molar-refractivity contribution in [3.63, 3.8) is 0 Å². The molecule has 9 rings (SSSR count). The van der Waals surface area contributed by atoms with E-state index in [-0.39, 0.29) is 23.9 Å². The van der Waals surface area contributed by atoms with Gasteiger partial charge >= 0.3 is 12.2 Å². The van der Waals surface area contributed by atoms with Crippen LogP contribution in [0.2, 0.25) is 0 Å². The molecule has 0 radical (unpaired) electrons. The van der Waals surface area contributed by atoms with Crippen LogP contribution in [0.1, 0.15) is 80.0 Å². The standard InChI is InChI=1S/C48H49N7O7/c1-4-37(52-47(58)60-2)45(56)55-21-9-13-41(55)44-50-26-39(51-44)31-16-18-35-30(23-31)15-19-36-34-17-14-29(22-33(34)27-62-43(35)36)32-24-38(49-25-32)40-12-8-20-54(40)46(57)42(53-48(59)61-3)28-10-6-5-7-11-28/h5-7,10-11,14-19,22-23,25-26,37,40-42H,4,8-9,12-13,20-21,24,27H2,1-3H3,(H,50,51)(H,52,58)(H,53,59)/t37-,40-,41-,42+/m0/s1. The number of hydrogen-bond donors (Lipinski definition) is 3. The zero-order valence-corrected chi connectivity index (χ0v) is 35.0. The normalized spacial score (nSPS) is 18.8. The molecule has 5 aromatic rings. The molecule has 4 aliphatic heterocycles. The summed E-state index contributed by atoms with van der Waals surface area (Å²) in [6.07, 6.45) is 6.81. The van der Waals surface area contributed by atoms with Gasteiger partial charge in [0.15, 0.2) is 0 Å². The molecule has 14 nitrogen and oxygen atoms in total. The Hall–Kier alpha value is -6.96. The fourth-order valence-corrected chi connectivity index (χ4v) is 9.35. The third-order valence-corrected chi connectivity index (χ3v) is 12.6. The largest absolute Gasteiger partial charge is 0.488 e. The third-order valence-electron chi connectivity index (χ3n) is 12.6. The number of alkyl carbamates (subject to hydrolysis) is 2. The van der Waals surface area contributed by atoms with Crippen molar-refractivity contribution in [2.24, 2.45) is 4.99 Å². The van der Waals surface area contributed by atoms with Crippen molar-refractivity contribution in [3.05, 3.63) is 114 Å². The predicted octanol–water partition coefficient (Wildman–Crippen LogP) is 7.86. The lowest BCUT2D eigenvalue weighted by Gasteiger charge is -2.29. The van der Waals surface area contributed by atoms with Crippen molar-refractivity contribution >= 4 is 46.1 Å². The summed E-state index contributed by atoms with van der Waals surface area (Å²) < 4.78 is 16.1. The van der Waals surface area contributed by atoms with Gasteiger partial charge in [-0.25, -0.2) is 14.6 Å². The monoisotopic (exact) mass is 835 g/mol. The lowest BCUT2D eigenvalue weighted by Crippen LogP contribution is -2.48. The van der Waals surface area contributed by atoms with Crippen LogP contribution in [-0.2, 0) is 25.7 Å². The highest BCUT2D eigenvalue weighted by Gasteiger charge is 2.39. The number of aromatic nitrogens is 2. The third kappa shape index (κ3) is 7.65. The molecule has 62 heavy (non-hydrogen) atoms. The molecule has 3 N–H and O–H groups in total. The number of likely N-dealkylation sites (tertiary alicyclic amines) is 2. The zero-order chi connectivity index (χ0) is 42.9. The van der Waals surface area contributed by atoms with Crippen molar-refractivity contribution in [1.29, 1.82) is 0 Å². The van der Waals surface area contributed by atoms with Gasteiger partial charge in [0.1, 0.15) is 30.3 Å². The Kier molecular flexibility index (Phi) is 11.2. The van der Waals surface area contributed by atoms with E-state index < -0.39 is 24.3 Å². The lowest BCUT2D eigenvalue weighted by molar-refractivity contribution is -0.134. The van der Waals surface area contributed by atoms with Gasteiger partial charge in [-0.2, -0.15) is 0 Å². The quantitative estimate of drug-likeness (QED) is 0.128. The number of allylic oxidation sites excluding steroid dienone is 1. The molecule has 4 amide bonds. The van der Waals surface area contributed by atoms with Crippen molar-refractivity contribution < 1.29 is 33.4 Å². The van der Waals surface area contributed by atoms with Gasteiger partial charge in [0.25, 0.3) is 0 Å². The number of H-pyrrole nitrogens is 1. The first-order valence-corrected chi connectivity index (χ1v) is 21.2. The second-order valence-corrected chi connectivity index (χ2v) is 16.1. The van der Waals surface area contributed by atoms with E-state index in [1.165, 1.54) is 14.2 Å². The highest BCUT2D eigenvalue weighted by atomic mass is 16.5. The van der Waals surface area contributed by atoms with E-state index in [1.807, 2.05) is 54.6 Å². The molecule has 0 aliphatic carbocycles. The Morgan fingerprint density at radius 2 is 1.56 bits per heavy atom. The second-order valence-electron chi connectivity index (χ2n) is 16.1. The molecule has 4 aliphatic rings. The molecule has 0 saturated carbocycles. The van der Waals surface area contributed by atoms with Crippen molar-refractivity contribution in [2.75, 3.05) is 27.3 Å². The maximum Gasteiger partial charge on any atom is 0.407 e. The van der Waals surface area contributed by atoms with Gasteiger partial charge < -0.3 is 39.6 Å². The lowest BCUT2D eigenvalue weighted by atomic mass is 9.90. The highest BCUT2D eigenvalue weighted by Crippen LogP contribution is 2.44. The van der Waals surface area contributed by atoms with Crippen LogP contribution < -0.4 is 15.4 Å². The number of carbonyl (C=O) groups is 4. The van der Waals surface area contributed by atoms with Crippen LogP contribution in [0.4, 0.5) is 9.59 Å². The summed E-state index contributed by atoms with van der Waals surface area (Å²) in [6.45, 7) is 3.46. The molecule has 0 bridgehead atoms. The SMILES string of the molecule is CC[C@H](NC(=O)OC)C(=O)N1CCC[C@H]1c1ncc(-c2ccc3c4c(ccc3c2)-c2ccc(C3=CN=C([C@@H]5CCCN5C(=O)[C@H](NC(=O)OC)c5ccccc5)C3)cc2CO4)[nH]1. The number of aromatic amines is 1. The van der Waals surface area contributed by atoms with Gasteiger partial charge in [-0.1, -0.05) is 67.6 Å². The summed E-state index contributed by atoms with van der Waals surface area (Å²) >= 11 is 0. The van der Waals surface area contributed by atoms with Crippen LogP contribution in [0.5, 0.6) is 5.75 Å². The first-order valence-electron chi connectivity index (χ1n) is 21.2. The van der Waals surface area contributed by atoms with Gasteiger partial charge in [-0.3, -0.25) is 14.6 Å². The van der Waals surface area contributed by atoms with E-state index >= 15 is 0 Å². The number of nitrogens with one attached hydrogen (secondary N) is 3. The Labute approximate surface area is 359 Å². The zero-order valence-electron chi connectivity index (χ0n) is 35.0. The van der Waals surface area contributed by atoms with Gasteiger partial charge in [0, 0.05) is 47.9 Å². The summed E-state index contributed by atoms with van der Waals surface area (Å²) in [6, 6.07) is 24.3. The summed E-state index contributed by atoms with van der Waals surface area (Å²) in [5.41, 5.74) is 8.86. The Morgan fingerprint density at radius 1 is 0.839 bits per heavy atom. The van der Waals surface area contributed by atoms with Crippen LogP contribution in [0, 0.1) is 0 Å². The minimum Gasteiger partial charge on any atom is -0.488 e. The Morgan fingerprint density at radius 3 is 2.34 bits per heavy atom. The van der Waals surface area contributed by atoms with E-state index in [0.29, 0.717) is 38.1 Å². The topological polar surface area (TPSA) is 168 Å². The number of amides is 4. The number of rotatable bonds is 10. The number of carbonyl (C=O) groups excluding carboxylic acids is 4. The summed E-state index contributed by atoms with van der Waals surface area (Å²) in [4.78, 5) is 68.3. The number of fused-ring (bicyclic) bond motifs is 5. The maximum atomic E-state index is 14.0. The molecular weight excluding hydrogens is 787 g/mol. The van der Waals surface area contributed by atoms with Crippen molar-refractivity contribution in [3.8, 4) is 28.1 Å². The van der Waals surface area contributed by atoms with Gasteiger partial charge in [0.05, 0.1) is 38.2 Å². The van der Waals surface area contributed by atoms with Gasteiger partial charge in [0.2, 0.25) is 11.8 Å². The maximum absolute atomic E-state index is 14.0. The Bertz CT molecular complexity index is 2620. The van der Waals surface area contributed by atoms with E-state index in [1.54, 1.807) is 4.90 Å². The van der Waals surface area contributed by atoms with Crippen molar-refractivity contribution in [2.45, 2.75) is 76.2 Å². The summed E-state index contributed by atoms with van der Waals surface area (Å²) in [5.74, 6) is 1.25. The molecule has 0 unspecified atom stereocenters. The molecule has 0 spiro atoms. The Balaban J connectivity index is 0.885. The number of nitrogens with zero attached hydrogens (tertiary/aromatic N) is 4. The van der Waals surface area contributed by atoms with Gasteiger partial charge in [-0.05, 0) is 83.5 Å². The minimum atomic E-state index is -0.863. The number of aliphatic imine (C=N–C) groups is 1. The first kappa shape index (κ1) is 40.4. The average Bonchev–Trinajstić information content (AvgIpc) is 4.16. The minimum absolute atomic E-state index is 0.142. The van der Waals surface area contributed by atoms with Crippen LogP contribution in [0.3, 0.4) is 0 Å². The average molecular weight is 836 g/mol. The van der Waals surface area contributed by atoms with E-state index in [2.05, 4.69) is 64.1 Å². The fourth-order valence-electron chi connectivity index (χ4n) is 9.35. The molecule has 2 saturated heterocycles. The van der Waals surface area contributed by atoms with E-state index in [9.17, 15) is 19.2 Å². The smallest absolute Gasteiger partial charge is 0.407 e. The van der Waals surface area contributed by atoms with Crippen LogP contribution in [0.15, 0.2) is 96.3 Å². The number of imidazole rings is 1. The fraction of sp³-hybridized carbons (Fsp3) is 0.333. The first-order chi connectivity index (χ1) is 30.2. The van der Waals surface area contributed by atoms with E-state index in [4.69, 9.17) is 24.2 Å². The number of benzene rings is 4. The van der Waals surface area contributed by atoms with E-state index in [0.717, 1.165) is 92.8 Å². The molecule has 2 fully saturated rings. The van der Waals surface area contributed by atoms with Gasteiger partial charge in [-0.15, -0.1) is 0 Å². The van der Waals surface area contributed by atoms with Crippen molar-refractivity contribution in [1.82, 2.24) is 30.4 Å². The second kappa shape index (κ2) is 17.2. The summed E-state index contributed by atoms with van der Waals surface area (Å²) in [7, 11) is 2.58. The number of ether oxygens (including phenoxy) is 3. The molecule has 14 heteroatoms.